The number of aryl methyl sites for hydroxylation is 1. The highest BCUT2D eigenvalue weighted by molar-refractivity contribution is 6.03. The first-order valence-electron chi connectivity index (χ1n) is 9.34. The van der Waals surface area contributed by atoms with Crippen molar-refractivity contribution >= 4 is 23.5 Å². The second-order valence-electron chi connectivity index (χ2n) is 7.21. The molecule has 1 aromatic rings. The van der Waals surface area contributed by atoms with Crippen LogP contribution in [0.15, 0.2) is 6.20 Å². The number of hydrogen-bond donors (Lipinski definition) is 3. The van der Waals surface area contributed by atoms with Gasteiger partial charge in [-0.05, 0) is 38.0 Å². The molecule has 27 heavy (non-hydrogen) atoms. The van der Waals surface area contributed by atoms with Gasteiger partial charge in [-0.2, -0.15) is 5.10 Å². The van der Waals surface area contributed by atoms with Gasteiger partial charge in [-0.25, -0.2) is 0 Å². The third-order valence-corrected chi connectivity index (χ3v) is 5.65. The molecule has 0 unspecified atom stereocenters. The van der Waals surface area contributed by atoms with Crippen molar-refractivity contribution in [1.82, 2.24) is 15.1 Å². The van der Waals surface area contributed by atoms with E-state index in [1.165, 1.54) is 7.11 Å². The molecule has 4 atom stereocenters. The van der Waals surface area contributed by atoms with Crippen molar-refractivity contribution in [3.8, 4) is 0 Å². The lowest BCUT2D eigenvalue weighted by Gasteiger charge is -2.26. The molecule has 0 radical (unpaired) electrons. The Balaban J connectivity index is 1.76. The Labute approximate surface area is 157 Å². The maximum atomic E-state index is 12.9. The van der Waals surface area contributed by atoms with Gasteiger partial charge >= 0.3 is 5.97 Å². The summed E-state index contributed by atoms with van der Waals surface area (Å²) >= 11 is 0. The molecule has 2 fully saturated rings. The molecule has 0 aliphatic heterocycles. The average molecular weight is 378 g/mol. The number of nitrogens with one attached hydrogen (secondary N) is 2. The van der Waals surface area contributed by atoms with E-state index in [0.29, 0.717) is 25.4 Å². The van der Waals surface area contributed by atoms with Crippen molar-refractivity contribution in [2.45, 2.75) is 32.7 Å². The molecule has 0 saturated heterocycles. The van der Waals surface area contributed by atoms with Crippen LogP contribution in [0, 0.1) is 23.7 Å². The van der Waals surface area contributed by atoms with Crippen molar-refractivity contribution < 1.29 is 24.2 Å². The minimum absolute atomic E-state index is 0.0680. The van der Waals surface area contributed by atoms with Crippen LogP contribution < -0.4 is 10.6 Å². The van der Waals surface area contributed by atoms with Crippen LogP contribution in [-0.2, 0) is 20.9 Å². The summed E-state index contributed by atoms with van der Waals surface area (Å²) in [4.78, 5) is 36.9. The number of aliphatic carboxylic acids is 1. The van der Waals surface area contributed by atoms with Gasteiger partial charge in [0.1, 0.15) is 0 Å². The number of carboxylic acids is 1. The largest absolute Gasteiger partial charge is 0.481 e. The number of hydrogen-bond acceptors (Lipinski definition) is 5. The van der Waals surface area contributed by atoms with E-state index in [9.17, 15) is 19.5 Å². The number of nitrogens with zero attached hydrogens (tertiary/aromatic N) is 2. The molecule has 2 saturated carbocycles. The molecule has 2 aliphatic rings. The zero-order valence-corrected chi connectivity index (χ0v) is 15.6. The molecule has 9 heteroatoms. The number of ether oxygens (including phenoxy) is 1. The molecule has 3 N–H and O–H groups in total. The number of carbonyl (C=O) groups excluding carboxylic acids is 2. The summed E-state index contributed by atoms with van der Waals surface area (Å²) in [5.41, 5.74) is 0.431. The fourth-order valence-corrected chi connectivity index (χ4v) is 4.43. The maximum absolute atomic E-state index is 12.9. The lowest BCUT2D eigenvalue weighted by molar-refractivity contribution is -0.148. The summed E-state index contributed by atoms with van der Waals surface area (Å²) < 4.78 is 6.48. The molecule has 0 spiro atoms. The standard InChI is InChI=1S/C18H26N4O5/c1-3-22-9-12(15(21-22)17(24)19-6-7-27-2)20-16(23)13-10-4-5-11(8-10)14(13)18(25)26/h9-11,13-14H,3-8H2,1-2H3,(H,19,24)(H,20,23)(H,25,26)/t10-,11+,13-,14+/m1/s1. The van der Waals surface area contributed by atoms with Gasteiger partial charge < -0.3 is 20.5 Å². The fraction of sp³-hybridized carbons (Fsp3) is 0.667. The predicted octanol–water partition coefficient (Wildman–Crippen LogP) is 0.965. The lowest BCUT2D eigenvalue weighted by Crippen LogP contribution is -2.38. The van der Waals surface area contributed by atoms with Crippen molar-refractivity contribution in [1.29, 1.82) is 0 Å². The molecule has 2 aliphatic carbocycles. The summed E-state index contributed by atoms with van der Waals surface area (Å²) in [6.45, 7) is 3.12. The van der Waals surface area contributed by atoms with E-state index in [2.05, 4.69) is 15.7 Å². The molecule has 2 bridgehead atoms. The molecular formula is C18H26N4O5. The van der Waals surface area contributed by atoms with E-state index in [1.807, 2.05) is 6.92 Å². The number of carboxylic acid groups (broad SMARTS) is 1. The van der Waals surface area contributed by atoms with Crippen LogP contribution in [0.2, 0.25) is 0 Å². The monoisotopic (exact) mass is 378 g/mol. The third-order valence-electron chi connectivity index (χ3n) is 5.65. The predicted molar refractivity (Wildman–Crippen MR) is 96.2 cm³/mol. The Morgan fingerprint density at radius 2 is 2.00 bits per heavy atom. The first-order chi connectivity index (χ1) is 13.0. The first-order valence-corrected chi connectivity index (χ1v) is 9.34. The quantitative estimate of drug-likeness (QED) is 0.579. The number of carbonyl (C=O) groups is 3. The number of aromatic nitrogens is 2. The maximum Gasteiger partial charge on any atom is 0.307 e. The van der Waals surface area contributed by atoms with E-state index in [4.69, 9.17) is 4.74 Å². The molecule has 148 valence electrons. The molecular weight excluding hydrogens is 352 g/mol. The summed E-state index contributed by atoms with van der Waals surface area (Å²) in [6.07, 6.45) is 4.14. The van der Waals surface area contributed by atoms with Crippen LogP contribution in [0.25, 0.3) is 0 Å². The molecule has 1 aromatic heterocycles. The number of methoxy groups -OCH3 is 1. The van der Waals surface area contributed by atoms with Gasteiger partial charge in [0.05, 0.1) is 24.1 Å². The second kappa shape index (κ2) is 8.08. The summed E-state index contributed by atoms with van der Waals surface area (Å²) in [5, 5.41) is 19.2. The van der Waals surface area contributed by atoms with Crippen molar-refractivity contribution in [3.05, 3.63) is 11.9 Å². The lowest BCUT2D eigenvalue weighted by atomic mass is 9.78. The Bertz CT molecular complexity index is 731. The Morgan fingerprint density at radius 3 is 2.63 bits per heavy atom. The van der Waals surface area contributed by atoms with Gasteiger partial charge in [-0.3, -0.25) is 19.1 Å². The molecule has 9 nitrogen and oxygen atoms in total. The van der Waals surface area contributed by atoms with E-state index in [0.717, 1.165) is 19.3 Å². The molecule has 1 heterocycles. The third kappa shape index (κ3) is 3.83. The van der Waals surface area contributed by atoms with Crippen LogP contribution in [0.1, 0.15) is 36.7 Å². The van der Waals surface area contributed by atoms with Gasteiger partial charge in [0.15, 0.2) is 5.69 Å². The zero-order valence-electron chi connectivity index (χ0n) is 15.6. The Hall–Kier alpha value is -2.42. The summed E-state index contributed by atoms with van der Waals surface area (Å²) in [5.74, 6) is -2.70. The van der Waals surface area contributed by atoms with Gasteiger partial charge in [-0.1, -0.05) is 0 Å². The van der Waals surface area contributed by atoms with Crippen molar-refractivity contribution in [2.24, 2.45) is 23.7 Å². The van der Waals surface area contributed by atoms with Crippen LogP contribution in [0.3, 0.4) is 0 Å². The van der Waals surface area contributed by atoms with Crippen LogP contribution in [0.5, 0.6) is 0 Å². The van der Waals surface area contributed by atoms with E-state index in [1.54, 1.807) is 10.9 Å². The highest BCUT2D eigenvalue weighted by Crippen LogP contribution is 2.52. The fourth-order valence-electron chi connectivity index (χ4n) is 4.43. The average Bonchev–Trinajstić information content (AvgIpc) is 3.35. The Morgan fingerprint density at radius 1 is 1.30 bits per heavy atom. The normalized spacial score (nSPS) is 26.1. The van der Waals surface area contributed by atoms with Gasteiger partial charge in [0.2, 0.25) is 5.91 Å². The Kier molecular flexibility index (Phi) is 5.79. The summed E-state index contributed by atoms with van der Waals surface area (Å²) in [7, 11) is 1.54. The van der Waals surface area contributed by atoms with Crippen LogP contribution in [0.4, 0.5) is 5.69 Å². The SMILES string of the molecule is CCn1cc(NC(=O)[C@@H]2[C@@H]3CC[C@@H](C3)[C@@H]2C(=O)O)c(C(=O)NCCOC)n1. The van der Waals surface area contributed by atoms with E-state index < -0.39 is 23.7 Å². The molecule has 2 amide bonds. The van der Waals surface area contributed by atoms with E-state index in [-0.39, 0.29) is 23.4 Å². The van der Waals surface area contributed by atoms with Crippen LogP contribution >= 0.6 is 0 Å². The highest BCUT2D eigenvalue weighted by atomic mass is 16.5. The number of amides is 2. The van der Waals surface area contributed by atoms with Gasteiger partial charge in [0.25, 0.3) is 5.91 Å². The smallest absolute Gasteiger partial charge is 0.307 e. The molecule has 3 rings (SSSR count). The van der Waals surface area contributed by atoms with E-state index >= 15 is 0 Å². The highest BCUT2D eigenvalue weighted by Gasteiger charge is 2.54. The van der Waals surface area contributed by atoms with Crippen molar-refractivity contribution in [2.75, 3.05) is 25.6 Å². The van der Waals surface area contributed by atoms with Gasteiger partial charge in [-0.15, -0.1) is 0 Å². The topological polar surface area (TPSA) is 123 Å². The number of rotatable bonds is 8. The number of anilines is 1. The minimum Gasteiger partial charge on any atom is -0.481 e. The number of fused-ring (bicyclic) bond motifs is 2. The summed E-state index contributed by atoms with van der Waals surface area (Å²) in [6, 6.07) is 0. The minimum atomic E-state index is -0.913. The molecule has 0 aromatic carbocycles. The van der Waals surface area contributed by atoms with Crippen LogP contribution in [-0.4, -0.2) is 52.9 Å². The zero-order chi connectivity index (χ0) is 19.6. The first kappa shape index (κ1) is 19.3. The van der Waals surface area contributed by atoms with Crippen molar-refractivity contribution in [3.63, 3.8) is 0 Å². The second-order valence-corrected chi connectivity index (χ2v) is 7.21. The van der Waals surface area contributed by atoms with Gasteiger partial charge in [0, 0.05) is 26.4 Å².